The first-order valence-corrected chi connectivity index (χ1v) is 4.90. The topological polar surface area (TPSA) is 37.4 Å². The molecule has 15 heavy (non-hydrogen) atoms. The van der Waals surface area contributed by atoms with E-state index in [-0.39, 0.29) is 5.69 Å². The van der Waals surface area contributed by atoms with Crippen LogP contribution in [0, 0.1) is 5.82 Å². The molecule has 0 fully saturated rings. The van der Waals surface area contributed by atoms with Gasteiger partial charge in [-0.3, -0.25) is 9.59 Å². The number of carbonyl (C=O) groups is 2. The molecule has 0 unspecified atom stereocenters. The molecule has 0 aromatic heterocycles. The van der Waals surface area contributed by atoms with E-state index in [0.717, 1.165) is 17.1 Å². The number of rotatable bonds is 1. The van der Waals surface area contributed by atoms with Gasteiger partial charge in [-0.2, -0.15) is 0 Å². The summed E-state index contributed by atoms with van der Waals surface area (Å²) in [5.74, 6) is -1.67. The minimum Gasteiger partial charge on any atom is -0.269 e. The molecule has 2 rings (SSSR count). The molecule has 1 heterocycles. The number of nitrogens with zero attached hydrogens (tertiary/aromatic N) is 1. The van der Waals surface area contributed by atoms with Crippen LogP contribution in [0.5, 0.6) is 0 Å². The Kier molecular flexibility index (Phi) is 2.40. The van der Waals surface area contributed by atoms with Crippen LogP contribution in [0.4, 0.5) is 10.1 Å². The van der Waals surface area contributed by atoms with Gasteiger partial charge in [-0.05, 0) is 18.2 Å². The van der Waals surface area contributed by atoms with Crippen LogP contribution < -0.4 is 4.90 Å². The average molecular weight is 270 g/mol. The molecule has 5 heteroatoms. The number of imide groups is 1. The molecule has 1 aliphatic heterocycles. The molecule has 0 atom stereocenters. The highest BCUT2D eigenvalue weighted by Crippen LogP contribution is 2.26. The lowest BCUT2D eigenvalue weighted by molar-refractivity contribution is -0.120. The van der Waals surface area contributed by atoms with Gasteiger partial charge in [0.2, 0.25) is 0 Å². The third kappa shape index (κ3) is 1.70. The van der Waals surface area contributed by atoms with E-state index in [9.17, 15) is 14.0 Å². The largest absolute Gasteiger partial charge is 0.269 e. The summed E-state index contributed by atoms with van der Waals surface area (Å²) >= 11 is 3.15. The van der Waals surface area contributed by atoms with E-state index in [1.54, 1.807) is 0 Å². The van der Waals surface area contributed by atoms with E-state index in [1.165, 1.54) is 18.2 Å². The van der Waals surface area contributed by atoms with E-state index < -0.39 is 17.6 Å². The maximum atomic E-state index is 13.4. The molecule has 76 valence electrons. The Morgan fingerprint density at radius 1 is 1.13 bits per heavy atom. The SMILES string of the molecule is O=C1C=CC(=O)N1c1cc(Br)ccc1F. The summed E-state index contributed by atoms with van der Waals surface area (Å²) in [4.78, 5) is 23.4. The van der Waals surface area contributed by atoms with Crippen LogP contribution in [0.25, 0.3) is 0 Å². The first-order valence-electron chi connectivity index (χ1n) is 4.11. The fraction of sp³-hybridized carbons (Fsp3) is 0. The highest BCUT2D eigenvalue weighted by Gasteiger charge is 2.27. The summed E-state index contributed by atoms with van der Waals surface area (Å²) < 4.78 is 14.0. The standard InChI is InChI=1S/C10H5BrFNO2/c11-6-1-2-7(12)8(5-6)13-9(14)3-4-10(13)15/h1-5H. The second-order valence-electron chi connectivity index (χ2n) is 2.94. The van der Waals surface area contributed by atoms with Gasteiger partial charge in [0.25, 0.3) is 11.8 Å². The Labute approximate surface area is 93.3 Å². The number of halogens is 2. The lowest BCUT2D eigenvalue weighted by Crippen LogP contribution is -2.30. The van der Waals surface area contributed by atoms with Crippen molar-refractivity contribution < 1.29 is 14.0 Å². The fourth-order valence-corrected chi connectivity index (χ4v) is 1.64. The zero-order valence-corrected chi connectivity index (χ0v) is 8.99. The number of hydrogen-bond donors (Lipinski definition) is 0. The van der Waals surface area contributed by atoms with Gasteiger partial charge in [-0.25, -0.2) is 9.29 Å². The van der Waals surface area contributed by atoms with Crippen molar-refractivity contribution >= 4 is 33.4 Å². The Hall–Kier alpha value is -1.49. The fourth-order valence-electron chi connectivity index (χ4n) is 1.29. The zero-order chi connectivity index (χ0) is 11.0. The predicted octanol–water partition coefficient (Wildman–Crippen LogP) is 2.02. The van der Waals surface area contributed by atoms with Crippen molar-refractivity contribution in [2.24, 2.45) is 0 Å². The molecule has 1 aliphatic rings. The van der Waals surface area contributed by atoms with Crippen LogP contribution in [-0.2, 0) is 9.59 Å². The normalized spacial score (nSPS) is 15.2. The van der Waals surface area contributed by atoms with Gasteiger partial charge in [-0.15, -0.1) is 0 Å². The first-order chi connectivity index (χ1) is 7.09. The zero-order valence-electron chi connectivity index (χ0n) is 7.41. The minimum absolute atomic E-state index is 0.0376. The Morgan fingerprint density at radius 2 is 1.73 bits per heavy atom. The average Bonchev–Trinajstić information content (AvgIpc) is 2.51. The molecule has 0 saturated carbocycles. The highest BCUT2D eigenvalue weighted by atomic mass is 79.9. The second kappa shape index (κ2) is 3.58. The summed E-state index contributed by atoms with van der Waals surface area (Å²) in [6.07, 6.45) is 2.23. The maximum Gasteiger partial charge on any atom is 0.258 e. The van der Waals surface area contributed by atoms with Gasteiger partial charge >= 0.3 is 0 Å². The number of hydrogen-bond acceptors (Lipinski definition) is 2. The third-order valence-corrected chi connectivity index (χ3v) is 2.45. The Balaban J connectivity index is 2.50. The monoisotopic (exact) mass is 269 g/mol. The van der Waals surface area contributed by atoms with Crippen LogP contribution in [-0.4, -0.2) is 11.8 Å². The second-order valence-corrected chi connectivity index (χ2v) is 3.86. The molecule has 1 aromatic carbocycles. The van der Waals surface area contributed by atoms with Crippen molar-refractivity contribution in [3.63, 3.8) is 0 Å². The molecular weight excluding hydrogens is 265 g/mol. The molecule has 0 saturated heterocycles. The quantitative estimate of drug-likeness (QED) is 0.732. The molecule has 0 bridgehead atoms. The van der Waals surface area contributed by atoms with Crippen molar-refractivity contribution in [3.8, 4) is 0 Å². The van der Waals surface area contributed by atoms with Crippen LogP contribution in [0.15, 0.2) is 34.8 Å². The van der Waals surface area contributed by atoms with E-state index in [0.29, 0.717) is 4.47 Å². The summed E-state index contributed by atoms with van der Waals surface area (Å²) in [6.45, 7) is 0. The Morgan fingerprint density at radius 3 is 2.33 bits per heavy atom. The highest BCUT2D eigenvalue weighted by molar-refractivity contribution is 9.10. The number of carbonyl (C=O) groups excluding carboxylic acids is 2. The molecule has 0 radical (unpaired) electrons. The molecule has 2 amide bonds. The van der Waals surface area contributed by atoms with Gasteiger partial charge in [0, 0.05) is 16.6 Å². The lowest BCUT2D eigenvalue weighted by Gasteiger charge is -2.14. The van der Waals surface area contributed by atoms with Crippen molar-refractivity contribution in [3.05, 3.63) is 40.6 Å². The van der Waals surface area contributed by atoms with E-state index in [4.69, 9.17) is 0 Å². The van der Waals surface area contributed by atoms with Crippen molar-refractivity contribution in [2.45, 2.75) is 0 Å². The molecule has 0 spiro atoms. The molecule has 3 nitrogen and oxygen atoms in total. The number of benzene rings is 1. The smallest absolute Gasteiger partial charge is 0.258 e. The molecule has 0 N–H and O–H groups in total. The lowest BCUT2D eigenvalue weighted by atomic mass is 10.3. The van der Waals surface area contributed by atoms with Crippen molar-refractivity contribution in [1.29, 1.82) is 0 Å². The van der Waals surface area contributed by atoms with E-state index in [2.05, 4.69) is 15.9 Å². The third-order valence-electron chi connectivity index (χ3n) is 1.96. The summed E-state index contributed by atoms with van der Waals surface area (Å²) in [5.41, 5.74) is -0.0376. The number of amides is 2. The van der Waals surface area contributed by atoms with Crippen molar-refractivity contribution in [2.75, 3.05) is 4.90 Å². The van der Waals surface area contributed by atoms with E-state index in [1.807, 2.05) is 0 Å². The van der Waals surface area contributed by atoms with Gasteiger partial charge in [-0.1, -0.05) is 15.9 Å². The van der Waals surface area contributed by atoms with Crippen LogP contribution in [0.2, 0.25) is 0 Å². The minimum atomic E-state index is -0.608. The van der Waals surface area contributed by atoms with Gasteiger partial charge in [0.1, 0.15) is 5.82 Å². The van der Waals surface area contributed by atoms with Crippen LogP contribution in [0.1, 0.15) is 0 Å². The van der Waals surface area contributed by atoms with Crippen LogP contribution >= 0.6 is 15.9 Å². The number of anilines is 1. The Bertz CT molecular complexity index is 466. The van der Waals surface area contributed by atoms with Gasteiger partial charge in [0.15, 0.2) is 0 Å². The van der Waals surface area contributed by atoms with Crippen LogP contribution in [0.3, 0.4) is 0 Å². The van der Waals surface area contributed by atoms with Gasteiger partial charge in [0.05, 0.1) is 5.69 Å². The molecule has 0 aliphatic carbocycles. The predicted molar refractivity (Wildman–Crippen MR) is 55.7 cm³/mol. The summed E-state index contributed by atoms with van der Waals surface area (Å²) in [7, 11) is 0. The molecular formula is C10H5BrFNO2. The summed E-state index contributed by atoms with van der Waals surface area (Å²) in [5, 5.41) is 0. The van der Waals surface area contributed by atoms with Crippen molar-refractivity contribution in [1.82, 2.24) is 0 Å². The van der Waals surface area contributed by atoms with E-state index >= 15 is 0 Å². The first kappa shape index (κ1) is 10.0. The van der Waals surface area contributed by atoms with Gasteiger partial charge < -0.3 is 0 Å². The maximum absolute atomic E-state index is 13.4. The molecule has 1 aromatic rings. The summed E-state index contributed by atoms with van der Waals surface area (Å²) in [6, 6.07) is 4.08.